The molecule has 1 unspecified atom stereocenters. The molecule has 1 atom stereocenters. The molecule has 0 heterocycles. The Kier molecular flexibility index (Phi) is 64.8. The molecule has 0 aromatic carbocycles. The molecule has 0 radical (unpaired) electrons. The second-order valence-electron chi connectivity index (χ2n) is 22.2. The Labute approximate surface area is 484 Å². The fourth-order valence-corrected chi connectivity index (χ4v) is 9.57. The number of hydrogen-bond donors (Lipinski definition) is 1. The first-order chi connectivity index (χ1) is 38.6. The summed E-state index contributed by atoms with van der Waals surface area (Å²) < 4.78 is 10.7. The maximum atomic E-state index is 12.3. The van der Waals surface area contributed by atoms with Gasteiger partial charge in [-0.1, -0.05) is 316 Å². The minimum atomic E-state index is -0.783. The summed E-state index contributed by atoms with van der Waals surface area (Å²) in [5.74, 6) is -0.593. The molecule has 0 saturated heterocycles. The zero-order valence-electron chi connectivity index (χ0n) is 51.4. The van der Waals surface area contributed by atoms with Gasteiger partial charge in [0.2, 0.25) is 0 Å². The summed E-state index contributed by atoms with van der Waals surface area (Å²) in [5.41, 5.74) is 0. The molecule has 0 rings (SSSR count). The molecule has 0 fully saturated rings. The summed E-state index contributed by atoms with van der Waals surface area (Å²) in [7, 11) is 0. The molecule has 1 N–H and O–H groups in total. The van der Waals surface area contributed by atoms with Crippen molar-refractivity contribution in [2.45, 2.75) is 328 Å². The molecule has 0 amide bonds. The number of aliphatic hydroxyl groups is 1. The summed E-state index contributed by atoms with van der Waals surface area (Å²) in [6, 6.07) is 0. The van der Waals surface area contributed by atoms with E-state index in [4.69, 9.17) is 9.47 Å². The number of hydrogen-bond acceptors (Lipinski definition) is 5. The van der Waals surface area contributed by atoms with Crippen molar-refractivity contribution in [1.29, 1.82) is 0 Å². The predicted molar refractivity (Wildman–Crippen MR) is 343 cm³/mol. The van der Waals surface area contributed by atoms with Gasteiger partial charge in [-0.25, -0.2) is 0 Å². The molecule has 448 valence electrons. The van der Waals surface area contributed by atoms with Gasteiger partial charge in [-0.05, 0) is 103 Å². The number of aliphatic hydroxyl groups excluding tert-OH is 1. The van der Waals surface area contributed by atoms with Crippen molar-refractivity contribution >= 4 is 11.9 Å². The first-order valence-corrected chi connectivity index (χ1v) is 33.4. The highest BCUT2D eigenvalue weighted by atomic mass is 16.6. The number of unbranched alkanes of at least 4 members (excludes halogenated alkanes) is 35. The lowest BCUT2D eigenvalue weighted by Gasteiger charge is -2.15. The fraction of sp³-hybridized carbons (Fsp3) is 0.726. The van der Waals surface area contributed by atoms with Crippen LogP contribution in [-0.2, 0) is 19.1 Å². The quantitative estimate of drug-likeness (QED) is 0.0373. The van der Waals surface area contributed by atoms with Gasteiger partial charge in [0, 0.05) is 12.8 Å². The first-order valence-electron chi connectivity index (χ1n) is 33.4. The van der Waals surface area contributed by atoms with Crippen LogP contribution in [0.5, 0.6) is 0 Å². The zero-order valence-corrected chi connectivity index (χ0v) is 51.4. The lowest BCUT2D eigenvalue weighted by molar-refractivity contribution is -0.161. The molecule has 0 spiro atoms. The number of rotatable bonds is 61. The van der Waals surface area contributed by atoms with Crippen LogP contribution in [0.15, 0.2) is 109 Å². The standard InChI is InChI=1S/C73H126O5/c1-3-5-7-9-11-13-15-17-19-21-23-25-27-29-31-32-33-34-35-36-37-38-39-40-42-43-45-47-49-51-53-55-57-59-61-63-65-67-72(75)77-70-71(69-74)78-73(76)68-66-64-62-60-58-56-54-52-50-48-46-44-41-30-28-26-24-22-20-18-16-14-12-10-8-6-4-2/h6,8,12,14-15,17-18,20-21,23-24,26-27,29-30,41,46,48,71,74H,3-5,7,9-11,13,16,19,22,25,28,31-40,42-45,47,49-70H2,1-2H3/b8-6-,14-12-,17-15-,20-18-,23-21-,26-24-,29-27-,41-30-,48-46-. The van der Waals surface area contributed by atoms with Crippen LogP contribution in [0, 0.1) is 0 Å². The Hall–Kier alpha value is -3.44. The Bertz CT molecular complexity index is 1510. The third-order valence-corrected chi connectivity index (χ3v) is 14.6. The minimum absolute atomic E-state index is 0.0717. The van der Waals surface area contributed by atoms with Crippen LogP contribution in [0.1, 0.15) is 322 Å². The molecule has 0 aliphatic rings. The van der Waals surface area contributed by atoms with Crippen LogP contribution < -0.4 is 0 Å². The lowest BCUT2D eigenvalue weighted by Crippen LogP contribution is -2.28. The van der Waals surface area contributed by atoms with Crippen molar-refractivity contribution < 1.29 is 24.2 Å². The molecule has 5 nitrogen and oxygen atoms in total. The highest BCUT2D eigenvalue weighted by Gasteiger charge is 2.16. The SMILES string of the molecule is CC/C=C\C/C=C\C/C=C\C/C=C\C/C=C\C/C=C\CCCCCCCCCCC(=O)OC(CO)COC(=O)CCCCCCCCCCCCCCCCCCCCCCCC/C=C\C/C=C\C/C=C\CCCCCCC. The second kappa shape index (κ2) is 67.8. The molecule has 0 aromatic rings. The third-order valence-electron chi connectivity index (χ3n) is 14.6. The van der Waals surface area contributed by atoms with Crippen molar-refractivity contribution in [3.63, 3.8) is 0 Å². The van der Waals surface area contributed by atoms with E-state index in [1.54, 1.807) is 0 Å². The van der Waals surface area contributed by atoms with E-state index < -0.39 is 6.10 Å². The summed E-state index contributed by atoms with van der Waals surface area (Å²) >= 11 is 0. The normalized spacial score (nSPS) is 12.9. The van der Waals surface area contributed by atoms with E-state index in [-0.39, 0.29) is 25.2 Å². The molecule has 0 bridgehead atoms. The van der Waals surface area contributed by atoms with Gasteiger partial charge in [0.25, 0.3) is 0 Å². The molecule has 0 saturated carbocycles. The maximum Gasteiger partial charge on any atom is 0.306 e. The molecule has 5 heteroatoms. The Morgan fingerprint density at radius 1 is 0.308 bits per heavy atom. The van der Waals surface area contributed by atoms with E-state index in [9.17, 15) is 14.7 Å². The molecule has 0 aromatic heterocycles. The lowest BCUT2D eigenvalue weighted by atomic mass is 10.0. The Balaban J connectivity index is 3.47. The largest absolute Gasteiger partial charge is 0.462 e. The van der Waals surface area contributed by atoms with Gasteiger partial charge in [0.1, 0.15) is 6.61 Å². The van der Waals surface area contributed by atoms with Gasteiger partial charge in [0.05, 0.1) is 6.61 Å². The van der Waals surface area contributed by atoms with E-state index in [1.807, 2.05) is 0 Å². The van der Waals surface area contributed by atoms with E-state index >= 15 is 0 Å². The number of carbonyl (C=O) groups excluding carboxylic acids is 2. The van der Waals surface area contributed by atoms with Crippen molar-refractivity contribution in [2.75, 3.05) is 13.2 Å². The van der Waals surface area contributed by atoms with Crippen LogP contribution in [0.3, 0.4) is 0 Å². The molecule has 0 aliphatic heterocycles. The maximum absolute atomic E-state index is 12.3. The van der Waals surface area contributed by atoms with E-state index in [0.29, 0.717) is 12.8 Å². The van der Waals surface area contributed by atoms with Crippen molar-refractivity contribution in [3.8, 4) is 0 Å². The fourth-order valence-electron chi connectivity index (χ4n) is 9.57. The minimum Gasteiger partial charge on any atom is -0.462 e. The van der Waals surface area contributed by atoms with Gasteiger partial charge in [0.15, 0.2) is 6.10 Å². The highest BCUT2D eigenvalue weighted by Crippen LogP contribution is 2.17. The summed E-state index contributed by atoms with van der Waals surface area (Å²) in [6.45, 7) is 4.03. The smallest absolute Gasteiger partial charge is 0.306 e. The number of ether oxygens (including phenoxy) is 2. The molecule has 78 heavy (non-hydrogen) atoms. The van der Waals surface area contributed by atoms with Gasteiger partial charge in [-0.2, -0.15) is 0 Å². The zero-order chi connectivity index (χ0) is 56.2. The summed E-state index contributed by atoms with van der Waals surface area (Å²) in [5, 5.41) is 9.69. The predicted octanol–water partition coefficient (Wildman–Crippen LogP) is 23.2. The van der Waals surface area contributed by atoms with Gasteiger partial charge in [-0.15, -0.1) is 0 Å². The van der Waals surface area contributed by atoms with Gasteiger partial charge in [-0.3, -0.25) is 9.59 Å². The number of carbonyl (C=O) groups is 2. The summed E-state index contributed by atoms with van der Waals surface area (Å²) in [6.07, 6.45) is 98.2. The Morgan fingerprint density at radius 2 is 0.551 bits per heavy atom. The van der Waals surface area contributed by atoms with E-state index in [1.165, 1.54) is 199 Å². The van der Waals surface area contributed by atoms with Crippen LogP contribution in [-0.4, -0.2) is 36.4 Å². The molecular formula is C73H126O5. The van der Waals surface area contributed by atoms with Crippen LogP contribution in [0.2, 0.25) is 0 Å². The topological polar surface area (TPSA) is 72.8 Å². The average Bonchev–Trinajstić information content (AvgIpc) is 3.44. The molecule has 0 aliphatic carbocycles. The number of allylic oxidation sites excluding steroid dienone is 18. The third kappa shape index (κ3) is 65.1. The van der Waals surface area contributed by atoms with Crippen molar-refractivity contribution in [1.82, 2.24) is 0 Å². The monoisotopic (exact) mass is 1080 g/mol. The van der Waals surface area contributed by atoms with Gasteiger partial charge < -0.3 is 14.6 Å². The van der Waals surface area contributed by atoms with Crippen LogP contribution in [0.4, 0.5) is 0 Å². The van der Waals surface area contributed by atoms with Gasteiger partial charge >= 0.3 is 11.9 Å². The second-order valence-corrected chi connectivity index (χ2v) is 22.2. The number of esters is 2. The van der Waals surface area contributed by atoms with E-state index in [2.05, 4.69) is 123 Å². The first kappa shape index (κ1) is 74.6. The van der Waals surface area contributed by atoms with Crippen molar-refractivity contribution in [2.24, 2.45) is 0 Å². The Morgan fingerprint density at radius 3 is 0.833 bits per heavy atom. The van der Waals surface area contributed by atoms with Crippen LogP contribution >= 0.6 is 0 Å². The van der Waals surface area contributed by atoms with Crippen LogP contribution in [0.25, 0.3) is 0 Å². The average molecular weight is 1080 g/mol. The highest BCUT2D eigenvalue weighted by molar-refractivity contribution is 5.70. The molecular weight excluding hydrogens is 957 g/mol. The van der Waals surface area contributed by atoms with E-state index in [0.717, 1.165) is 96.3 Å². The summed E-state index contributed by atoms with van der Waals surface area (Å²) in [4.78, 5) is 24.6. The van der Waals surface area contributed by atoms with Crippen molar-refractivity contribution in [3.05, 3.63) is 109 Å².